The monoisotopic (exact) mass is 338 g/mol. The summed E-state index contributed by atoms with van der Waals surface area (Å²) in [6.45, 7) is 1.78. The van der Waals surface area contributed by atoms with Gasteiger partial charge in [0.2, 0.25) is 0 Å². The summed E-state index contributed by atoms with van der Waals surface area (Å²) in [6, 6.07) is 18.6. The van der Waals surface area contributed by atoms with Crippen LogP contribution < -0.4 is 10.1 Å². The quantitative estimate of drug-likeness (QED) is 0.844. The fraction of sp³-hybridized carbons (Fsp3) is 0.381. The maximum atomic E-state index is 12.5. The van der Waals surface area contributed by atoms with Gasteiger partial charge in [0.05, 0.1) is 0 Å². The van der Waals surface area contributed by atoms with Crippen molar-refractivity contribution in [3.05, 3.63) is 65.7 Å². The Morgan fingerprint density at radius 1 is 1.16 bits per heavy atom. The van der Waals surface area contributed by atoms with E-state index in [9.17, 15) is 4.79 Å². The van der Waals surface area contributed by atoms with Gasteiger partial charge in [0.25, 0.3) is 5.91 Å². The Bertz CT molecular complexity index is 687. The third-order valence-electron chi connectivity index (χ3n) is 4.70. The summed E-state index contributed by atoms with van der Waals surface area (Å²) < 4.78 is 5.90. The molecule has 1 amide bonds. The molecule has 0 aliphatic carbocycles. The van der Waals surface area contributed by atoms with Gasteiger partial charge in [0, 0.05) is 25.6 Å². The first-order valence-electron chi connectivity index (χ1n) is 8.96. The van der Waals surface area contributed by atoms with Crippen LogP contribution >= 0.6 is 0 Å². The molecule has 0 bridgehead atoms. The van der Waals surface area contributed by atoms with Crippen LogP contribution in [0.4, 0.5) is 0 Å². The van der Waals surface area contributed by atoms with E-state index >= 15 is 0 Å². The molecule has 1 aliphatic rings. The molecule has 4 nitrogen and oxygen atoms in total. The van der Waals surface area contributed by atoms with Gasteiger partial charge < -0.3 is 15.0 Å². The number of carbonyl (C=O) groups is 1. The second kappa shape index (κ2) is 8.67. The van der Waals surface area contributed by atoms with Gasteiger partial charge >= 0.3 is 0 Å². The van der Waals surface area contributed by atoms with E-state index in [1.165, 1.54) is 5.56 Å². The number of carbonyl (C=O) groups excluding carboxylic acids is 1. The van der Waals surface area contributed by atoms with Gasteiger partial charge in [-0.25, -0.2) is 0 Å². The summed E-state index contributed by atoms with van der Waals surface area (Å²) in [7, 11) is 1.93. The zero-order valence-electron chi connectivity index (χ0n) is 14.8. The SMILES string of the molecule is CNCC1CCCN1C(=O)COc1ccccc1Cc1ccccc1. The fourth-order valence-electron chi connectivity index (χ4n) is 3.44. The lowest BCUT2D eigenvalue weighted by Gasteiger charge is -2.24. The second-order valence-electron chi connectivity index (χ2n) is 6.50. The lowest BCUT2D eigenvalue weighted by molar-refractivity contribution is -0.134. The van der Waals surface area contributed by atoms with Gasteiger partial charge in [-0.2, -0.15) is 0 Å². The predicted molar refractivity (Wildman–Crippen MR) is 99.8 cm³/mol. The molecule has 1 unspecified atom stereocenters. The summed E-state index contributed by atoms with van der Waals surface area (Å²) in [5.41, 5.74) is 2.34. The van der Waals surface area contributed by atoms with Gasteiger partial charge in [-0.05, 0) is 37.1 Å². The lowest BCUT2D eigenvalue weighted by atomic mass is 10.0. The third-order valence-corrected chi connectivity index (χ3v) is 4.70. The van der Waals surface area contributed by atoms with E-state index in [1.54, 1.807) is 0 Å². The van der Waals surface area contributed by atoms with E-state index in [0.717, 1.165) is 43.7 Å². The van der Waals surface area contributed by atoms with Crippen molar-refractivity contribution in [3.8, 4) is 5.75 Å². The van der Waals surface area contributed by atoms with Crippen molar-refractivity contribution >= 4 is 5.91 Å². The second-order valence-corrected chi connectivity index (χ2v) is 6.50. The first kappa shape index (κ1) is 17.5. The van der Waals surface area contributed by atoms with Crippen molar-refractivity contribution in [2.75, 3.05) is 26.7 Å². The predicted octanol–water partition coefficient (Wildman–Crippen LogP) is 2.87. The van der Waals surface area contributed by atoms with Crippen LogP contribution in [-0.4, -0.2) is 43.6 Å². The van der Waals surface area contributed by atoms with Crippen LogP contribution in [0, 0.1) is 0 Å². The molecule has 0 spiro atoms. The van der Waals surface area contributed by atoms with E-state index in [-0.39, 0.29) is 12.5 Å². The topological polar surface area (TPSA) is 41.6 Å². The highest BCUT2D eigenvalue weighted by Crippen LogP contribution is 2.22. The number of hydrogen-bond acceptors (Lipinski definition) is 3. The summed E-state index contributed by atoms with van der Waals surface area (Å²) in [6.07, 6.45) is 2.94. The Kier molecular flexibility index (Phi) is 6.07. The van der Waals surface area contributed by atoms with Crippen molar-refractivity contribution < 1.29 is 9.53 Å². The molecule has 1 fully saturated rings. The summed E-state index contributed by atoms with van der Waals surface area (Å²) in [4.78, 5) is 14.5. The van der Waals surface area contributed by atoms with Crippen LogP contribution in [0.15, 0.2) is 54.6 Å². The molecule has 1 saturated heterocycles. The largest absolute Gasteiger partial charge is 0.483 e. The van der Waals surface area contributed by atoms with Gasteiger partial charge in [-0.1, -0.05) is 48.5 Å². The smallest absolute Gasteiger partial charge is 0.260 e. The van der Waals surface area contributed by atoms with Crippen LogP contribution in [0.2, 0.25) is 0 Å². The minimum Gasteiger partial charge on any atom is -0.483 e. The first-order chi connectivity index (χ1) is 12.3. The van der Waals surface area contributed by atoms with Crippen molar-refractivity contribution in [1.82, 2.24) is 10.2 Å². The molecular weight excluding hydrogens is 312 g/mol. The van der Waals surface area contributed by atoms with Gasteiger partial charge in [0.1, 0.15) is 5.75 Å². The number of likely N-dealkylation sites (N-methyl/N-ethyl adjacent to an activating group) is 1. The Morgan fingerprint density at radius 2 is 1.92 bits per heavy atom. The number of benzene rings is 2. The minimum absolute atomic E-state index is 0.0762. The molecule has 4 heteroatoms. The molecule has 0 aromatic heterocycles. The van der Waals surface area contributed by atoms with E-state index in [1.807, 2.05) is 48.3 Å². The highest BCUT2D eigenvalue weighted by Gasteiger charge is 2.28. The number of ether oxygens (including phenoxy) is 1. The Balaban J connectivity index is 1.62. The maximum Gasteiger partial charge on any atom is 0.260 e. The van der Waals surface area contributed by atoms with Crippen LogP contribution in [0.5, 0.6) is 5.75 Å². The molecule has 1 N–H and O–H groups in total. The van der Waals surface area contributed by atoms with Gasteiger partial charge in [0.15, 0.2) is 6.61 Å². The molecule has 1 atom stereocenters. The number of amides is 1. The lowest BCUT2D eigenvalue weighted by Crippen LogP contribution is -2.43. The van der Waals surface area contributed by atoms with E-state index in [2.05, 4.69) is 23.5 Å². The van der Waals surface area contributed by atoms with E-state index in [0.29, 0.717) is 6.04 Å². The number of rotatable bonds is 7. The average molecular weight is 338 g/mol. The highest BCUT2D eigenvalue weighted by atomic mass is 16.5. The summed E-state index contributed by atoms with van der Waals surface area (Å²) >= 11 is 0. The molecule has 0 saturated carbocycles. The third kappa shape index (κ3) is 4.60. The maximum absolute atomic E-state index is 12.5. The van der Waals surface area contributed by atoms with Crippen LogP contribution in [0.25, 0.3) is 0 Å². The Hall–Kier alpha value is -2.33. The van der Waals surface area contributed by atoms with Gasteiger partial charge in [-0.3, -0.25) is 4.79 Å². The summed E-state index contributed by atoms with van der Waals surface area (Å²) in [5, 5.41) is 3.17. The number of nitrogens with zero attached hydrogens (tertiary/aromatic N) is 1. The number of para-hydroxylation sites is 1. The number of nitrogens with one attached hydrogen (secondary N) is 1. The van der Waals surface area contributed by atoms with Crippen molar-refractivity contribution in [2.45, 2.75) is 25.3 Å². The molecule has 132 valence electrons. The number of hydrogen-bond donors (Lipinski definition) is 1. The normalized spacial score (nSPS) is 16.8. The van der Waals surface area contributed by atoms with Crippen molar-refractivity contribution in [3.63, 3.8) is 0 Å². The van der Waals surface area contributed by atoms with Crippen molar-refractivity contribution in [1.29, 1.82) is 0 Å². The van der Waals surface area contributed by atoms with Crippen LogP contribution in [0.1, 0.15) is 24.0 Å². The van der Waals surface area contributed by atoms with E-state index < -0.39 is 0 Å². The van der Waals surface area contributed by atoms with Gasteiger partial charge in [-0.15, -0.1) is 0 Å². The average Bonchev–Trinajstić information content (AvgIpc) is 3.10. The molecule has 25 heavy (non-hydrogen) atoms. The zero-order valence-corrected chi connectivity index (χ0v) is 14.8. The molecular formula is C21H26N2O2. The molecule has 2 aromatic rings. The van der Waals surface area contributed by atoms with E-state index in [4.69, 9.17) is 4.74 Å². The standard InChI is InChI=1S/C21H26N2O2/c1-22-15-19-11-7-13-23(19)21(24)16-25-20-12-6-5-10-18(20)14-17-8-3-2-4-9-17/h2-6,8-10,12,19,22H,7,11,13-16H2,1H3. The molecule has 0 radical (unpaired) electrons. The van der Waals surface area contributed by atoms with Crippen molar-refractivity contribution in [2.24, 2.45) is 0 Å². The fourth-order valence-corrected chi connectivity index (χ4v) is 3.44. The minimum atomic E-state index is 0.0762. The highest BCUT2D eigenvalue weighted by molar-refractivity contribution is 5.78. The Morgan fingerprint density at radius 3 is 2.72 bits per heavy atom. The molecule has 2 aromatic carbocycles. The Labute approximate surface area is 149 Å². The molecule has 3 rings (SSSR count). The first-order valence-corrected chi connectivity index (χ1v) is 8.96. The molecule has 1 aliphatic heterocycles. The number of likely N-dealkylation sites (tertiary alicyclic amines) is 1. The summed E-state index contributed by atoms with van der Waals surface area (Å²) in [5.74, 6) is 0.872. The van der Waals surface area contributed by atoms with Crippen LogP contribution in [0.3, 0.4) is 0 Å². The van der Waals surface area contributed by atoms with Crippen LogP contribution in [-0.2, 0) is 11.2 Å². The zero-order chi connectivity index (χ0) is 17.5. The molecule has 1 heterocycles.